The number of carbonyl (C=O) groups excluding carboxylic acids is 2. The maximum atomic E-state index is 13.6. The zero-order valence-electron chi connectivity index (χ0n) is 22.7. The third-order valence-corrected chi connectivity index (χ3v) is 9.04. The molecule has 13 heteroatoms. The number of para-hydroxylation sites is 1. The Labute approximate surface area is 228 Å². The van der Waals surface area contributed by atoms with Crippen molar-refractivity contribution < 1.29 is 32.6 Å². The molecule has 3 atom stereocenters. The van der Waals surface area contributed by atoms with Gasteiger partial charge in [-0.3, -0.25) is 9.59 Å². The van der Waals surface area contributed by atoms with Crippen molar-refractivity contribution in [2.75, 3.05) is 45.3 Å². The van der Waals surface area contributed by atoms with Gasteiger partial charge in [-0.2, -0.15) is 4.31 Å². The topological polar surface area (TPSA) is 143 Å². The first-order chi connectivity index (χ1) is 18.5. The number of aryl methyl sites for hydroxylation is 1. The lowest BCUT2D eigenvalue weighted by molar-refractivity contribution is -0.122. The predicted octanol–water partition coefficient (Wildman–Crippen LogP) is 1.33. The third kappa shape index (κ3) is 6.26. The van der Waals surface area contributed by atoms with E-state index < -0.39 is 22.2 Å². The van der Waals surface area contributed by atoms with E-state index in [0.29, 0.717) is 31.7 Å². The van der Waals surface area contributed by atoms with Crippen LogP contribution in [0.1, 0.15) is 37.0 Å². The van der Waals surface area contributed by atoms with Crippen LogP contribution >= 0.6 is 0 Å². The molecule has 0 aliphatic carbocycles. The van der Waals surface area contributed by atoms with Crippen LogP contribution in [0, 0.1) is 11.8 Å². The second-order valence-corrected chi connectivity index (χ2v) is 12.3. The van der Waals surface area contributed by atoms with Crippen LogP contribution in [-0.4, -0.2) is 96.2 Å². The van der Waals surface area contributed by atoms with Crippen LogP contribution in [0.2, 0.25) is 0 Å². The summed E-state index contributed by atoms with van der Waals surface area (Å²) in [5, 5.41) is 12.7. The number of benzene rings is 1. The smallest absolute Gasteiger partial charge is 0.261 e. The van der Waals surface area contributed by atoms with Crippen molar-refractivity contribution in [3.8, 4) is 5.75 Å². The first kappa shape index (κ1) is 29.0. The Morgan fingerprint density at radius 2 is 2.03 bits per heavy atom. The van der Waals surface area contributed by atoms with Crippen molar-refractivity contribution in [3.63, 3.8) is 0 Å². The van der Waals surface area contributed by atoms with Crippen molar-refractivity contribution in [2.24, 2.45) is 18.9 Å². The molecule has 1 aromatic carbocycles. The molecule has 2 aliphatic rings. The number of amides is 2. The number of nitrogens with zero attached hydrogens (tertiary/aromatic N) is 4. The molecule has 1 aromatic heterocycles. The summed E-state index contributed by atoms with van der Waals surface area (Å²) in [4.78, 5) is 32.3. The normalized spacial score (nSPS) is 21.6. The number of carbonyl (C=O) groups is 2. The molecular weight excluding hydrogens is 526 g/mol. The first-order valence-electron chi connectivity index (χ1n) is 13.1. The number of sulfonamides is 1. The fourth-order valence-corrected chi connectivity index (χ4v) is 5.93. The molecular formula is C26H37N5O7S. The van der Waals surface area contributed by atoms with E-state index in [1.807, 2.05) is 6.92 Å². The summed E-state index contributed by atoms with van der Waals surface area (Å²) in [7, 11) is -0.765. The number of rotatable bonds is 8. The molecule has 2 aliphatic heterocycles. The maximum absolute atomic E-state index is 13.6. The number of imidazole rings is 1. The van der Waals surface area contributed by atoms with Crippen molar-refractivity contribution in [3.05, 3.63) is 36.3 Å². The number of hydrogen-bond acceptors (Lipinski definition) is 8. The van der Waals surface area contributed by atoms with Gasteiger partial charge in [0.2, 0.25) is 5.91 Å². The monoisotopic (exact) mass is 563 g/mol. The lowest BCUT2D eigenvalue weighted by atomic mass is 9.98. The van der Waals surface area contributed by atoms with Crippen LogP contribution < -0.4 is 10.1 Å². The summed E-state index contributed by atoms with van der Waals surface area (Å²) < 4.78 is 41.0. The van der Waals surface area contributed by atoms with Gasteiger partial charge in [-0.1, -0.05) is 13.0 Å². The second-order valence-electron chi connectivity index (χ2n) is 10.3. The highest BCUT2D eigenvalue weighted by Gasteiger charge is 2.37. The minimum atomic E-state index is -3.91. The Bertz CT molecular complexity index is 1290. The zero-order valence-corrected chi connectivity index (χ0v) is 23.6. The van der Waals surface area contributed by atoms with Gasteiger partial charge in [-0.05, 0) is 31.9 Å². The highest BCUT2D eigenvalue weighted by atomic mass is 32.2. The second kappa shape index (κ2) is 12.0. The highest BCUT2D eigenvalue weighted by molar-refractivity contribution is 7.89. The molecule has 0 unspecified atom stereocenters. The van der Waals surface area contributed by atoms with E-state index in [4.69, 9.17) is 9.47 Å². The van der Waals surface area contributed by atoms with Crippen LogP contribution in [0.5, 0.6) is 5.75 Å². The van der Waals surface area contributed by atoms with E-state index in [2.05, 4.69) is 10.3 Å². The van der Waals surface area contributed by atoms with Gasteiger partial charge >= 0.3 is 0 Å². The third-order valence-electron chi connectivity index (χ3n) is 7.33. The number of ether oxygens (including phenoxy) is 2. The molecule has 0 bridgehead atoms. The number of likely N-dealkylation sites (N-methyl/N-ethyl adjacent to an activating group) is 1. The Morgan fingerprint density at radius 3 is 2.67 bits per heavy atom. The average molecular weight is 564 g/mol. The van der Waals surface area contributed by atoms with Gasteiger partial charge < -0.3 is 29.4 Å². The Hall–Kier alpha value is -3.00. The largest absolute Gasteiger partial charge is 0.486 e. The first-order valence-corrected chi connectivity index (χ1v) is 14.5. The summed E-state index contributed by atoms with van der Waals surface area (Å²) in [6.45, 7) is 4.58. The minimum absolute atomic E-state index is 0.0305. The van der Waals surface area contributed by atoms with Gasteiger partial charge in [0.1, 0.15) is 6.10 Å². The van der Waals surface area contributed by atoms with Gasteiger partial charge in [0.05, 0.1) is 36.8 Å². The van der Waals surface area contributed by atoms with Gasteiger partial charge in [-0.15, -0.1) is 0 Å². The van der Waals surface area contributed by atoms with Crippen molar-refractivity contribution in [1.29, 1.82) is 0 Å². The van der Waals surface area contributed by atoms with E-state index in [1.165, 1.54) is 23.9 Å². The van der Waals surface area contributed by atoms with E-state index in [9.17, 15) is 23.1 Å². The number of anilines is 1. The molecule has 4 rings (SSSR count). The molecule has 39 heavy (non-hydrogen) atoms. The average Bonchev–Trinajstić information content (AvgIpc) is 3.38. The van der Waals surface area contributed by atoms with E-state index in [-0.39, 0.29) is 59.7 Å². The summed E-state index contributed by atoms with van der Waals surface area (Å²) in [6, 6.07) is 4.46. The Morgan fingerprint density at radius 1 is 1.31 bits per heavy atom. The number of nitrogens with one attached hydrogen (secondary N) is 1. The molecule has 3 heterocycles. The minimum Gasteiger partial charge on any atom is -0.486 e. The van der Waals surface area contributed by atoms with Gasteiger partial charge in [-0.25, -0.2) is 13.4 Å². The van der Waals surface area contributed by atoms with E-state index >= 15 is 0 Å². The number of hydrogen-bond donors (Lipinski definition) is 2. The molecule has 0 radical (unpaired) electrons. The van der Waals surface area contributed by atoms with Crippen LogP contribution in [0.15, 0.2) is 35.7 Å². The summed E-state index contributed by atoms with van der Waals surface area (Å²) in [6.07, 6.45) is 3.35. The van der Waals surface area contributed by atoms with Crippen LogP contribution in [0.25, 0.3) is 0 Å². The summed E-state index contributed by atoms with van der Waals surface area (Å²) in [5.74, 6) is -0.901. The number of aliphatic hydroxyl groups is 1. The van der Waals surface area contributed by atoms with Crippen LogP contribution in [0.3, 0.4) is 0 Å². The quantitative estimate of drug-likeness (QED) is 0.490. The highest BCUT2D eigenvalue weighted by Crippen LogP contribution is 2.36. The summed E-state index contributed by atoms with van der Waals surface area (Å²) >= 11 is 0. The number of fused-ring (bicyclic) bond motifs is 1. The standard InChI is InChI=1S/C26H37N5O7S/c1-17-12-31(18(2)15-32)26(34)20-6-5-7-21(28-25(33)19-8-10-37-11-9-19)24(20)38-22(17)13-30(4)39(35,36)23-14-29(3)16-27-23/h5-7,14,16-19,22,32H,8-13,15H2,1-4H3,(H,28,33)/t17-,18+,22-/m1/s1. The fourth-order valence-electron chi connectivity index (χ4n) is 4.79. The Balaban J connectivity index is 1.69. The van der Waals surface area contributed by atoms with E-state index in [0.717, 1.165) is 0 Å². The molecule has 2 N–H and O–H groups in total. The van der Waals surface area contributed by atoms with Crippen LogP contribution in [0.4, 0.5) is 5.69 Å². The number of aromatic nitrogens is 2. The number of aliphatic hydroxyl groups excluding tert-OH is 1. The molecule has 0 saturated carbocycles. The Kier molecular flexibility index (Phi) is 8.94. The van der Waals surface area contributed by atoms with E-state index in [1.54, 1.807) is 41.6 Å². The van der Waals surface area contributed by atoms with Crippen LogP contribution in [-0.2, 0) is 26.6 Å². The molecule has 1 saturated heterocycles. The molecule has 214 valence electrons. The van der Waals surface area contributed by atoms with Gasteiger partial charge in [0, 0.05) is 51.9 Å². The van der Waals surface area contributed by atoms with Gasteiger partial charge in [0.25, 0.3) is 15.9 Å². The molecule has 0 spiro atoms. The molecule has 2 amide bonds. The van der Waals surface area contributed by atoms with Crippen molar-refractivity contribution in [1.82, 2.24) is 18.8 Å². The van der Waals surface area contributed by atoms with Crippen molar-refractivity contribution >= 4 is 27.5 Å². The zero-order chi connectivity index (χ0) is 28.3. The van der Waals surface area contributed by atoms with Gasteiger partial charge in [0.15, 0.2) is 10.8 Å². The SMILES string of the molecule is C[C@@H]1CN([C@@H](C)CO)C(=O)c2cccc(NC(=O)C3CCOCC3)c2O[C@@H]1CN(C)S(=O)(=O)c1cn(C)cn1. The predicted molar refractivity (Wildman–Crippen MR) is 143 cm³/mol. The fraction of sp³-hybridized carbons (Fsp3) is 0.577. The molecule has 1 fully saturated rings. The molecule has 2 aromatic rings. The lowest BCUT2D eigenvalue weighted by Gasteiger charge is -2.38. The van der Waals surface area contributed by atoms with Crippen molar-refractivity contribution in [2.45, 2.75) is 43.9 Å². The lowest BCUT2D eigenvalue weighted by Crippen LogP contribution is -2.50. The molecule has 12 nitrogen and oxygen atoms in total. The maximum Gasteiger partial charge on any atom is 0.261 e. The summed E-state index contributed by atoms with van der Waals surface area (Å²) in [5.41, 5.74) is 0.565.